The lowest BCUT2D eigenvalue weighted by Crippen LogP contribution is -2.07. The van der Waals surface area contributed by atoms with Gasteiger partial charge in [-0.15, -0.1) is 0 Å². The van der Waals surface area contributed by atoms with Crippen molar-refractivity contribution in [2.24, 2.45) is 15.5 Å². The normalized spacial score (nSPS) is 11.8. The number of benzene rings is 10. The van der Waals surface area contributed by atoms with Gasteiger partial charge in [-0.25, -0.2) is 14.4 Å². The van der Waals surface area contributed by atoms with Crippen LogP contribution in [0.3, 0.4) is 0 Å². The molecule has 0 bridgehead atoms. The highest BCUT2D eigenvalue weighted by Crippen LogP contribution is 2.24. The molecule has 0 fully saturated rings. The molecule has 0 aromatic heterocycles. The van der Waals surface area contributed by atoms with Gasteiger partial charge in [-0.3, -0.25) is 0 Å². The molecular weight excluding hydrogens is 1010 g/mol. The Balaban J connectivity index is 0.751. The van der Waals surface area contributed by atoms with Crippen molar-refractivity contribution in [1.82, 2.24) is 0 Å². The van der Waals surface area contributed by atoms with Crippen LogP contribution in [0.4, 0.5) is 0 Å². The van der Waals surface area contributed by atoms with Gasteiger partial charge in [0.05, 0.1) is 36.4 Å². The van der Waals surface area contributed by atoms with Gasteiger partial charge in [0.2, 0.25) is 0 Å². The van der Waals surface area contributed by atoms with Crippen LogP contribution in [0.15, 0.2) is 234 Å². The largest absolute Gasteiger partial charge is 0.489 e. The van der Waals surface area contributed by atoms with Gasteiger partial charge in [-0.1, -0.05) is 161 Å². The third-order valence-electron chi connectivity index (χ3n) is 13.5. The number of nitrogens with zero attached hydrogens (tertiary/aromatic N) is 3. The number of carbonyl (C=O) groups excluding carboxylic acids is 3. The summed E-state index contributed by atoms with van der Waals surface area (Å²) >= 11 is 0. The topological polar surface area (TPSA) is 144 Å². The first-order chi connectivity index (χ1) is 39.5. The van der Waals surface area contributed by atoms with E-state index in [0.717, 1.165) is 82.4 Å². The Kier molecular flexibility index (Phi) is 17.4. The summed E-state index contributed by atoms with van der Waals surface area (Å²) in [7, 11) is 0. The molecule has 0 aliphatic rings. The van der Waals surface area contributed by atoms with E-state index in [0.29, 0.717) is 34.4 Å². The lowest BCUT2D eigenvalue weighted by atomic mass is 10.0. The Morgan fingerprint density at radius 2 is 0.556 bits per heavy atom. The van der Waals surface area contributed by atoms with E-state index in [1.165, 1.54) is 0 Å². The van der Waals surface area contributed by atoms with E-state index in [9.17, 15) is 14.4 Å². The van der Waals surface area contributed by atoms with Crippen LogP contribution < -0.4 is 14.2 Å². The number of carbonyl (C=O) groups is 3. The number of fused-ring (bicyclic) bond motifs is 3. The van der Waals surface area contributed by atoms with Crippen LogP contribution >= 0.6 is 0 Å². The maximum atomic E-state index is 12.8. The standard InChI is InChI=1S/C69H57N3O9/c1-46(58-25-22-55-10-4-7-13-61(55)40-58)70-79-67(73)37-49-16-28-64(29-17-49)76-43-52-34-53(44-77-65-30-18-50(19-31-65)38-68(74)80-71-47(2)59-26-23-56-11-5-8-14-62(56)41-59)36-54(35-52)45-78-66-32-20-51(21-33-66)39-69(75)81-72-48(3)60-27-24-57-12-6-9-15-63(57)42-60/h4-36,40-42H,37-39,43-45H2,1-3H3/b70-46-,71-47-,72-48-. The highest BCUT2D eigenvalue weighted by Gasteiger charge is 2.13. The van der Waals surface area contributed by atoms with Crippen LogP contribution in [-0.4, -0.2) is 35.0 Å². The van der Waals surface area contributed by atoms with Crippen LogP contribution in [0.5, 0.6) is 17.2 Å². The summed E-state index contributed by atoms with van der Waals surface area (Å²) < 4.78 is 18.8. The molecule has 0 heterocycles. The van der Waals surface area contributed by atoms with Crippen LogP contribution in [0, 0.1) is 0 Å². The monoisotopic (exact) mass is 1070 g/mol. The molecule has 0 aliphatic carbocycles. The predicted molar refractivity (Wildman–Crippen MR) is 317 cm³/mol. The first-order valence-corrected chi connectivity index (χ1v) is 26.5. The number of ether oxygens (including phenoxy) is 3. The first kappa shape index (κ1) is 54.2. The third-order valence-corrected chi connectivity index (χ3v) is 13.5. The minimum Gasteiger partial charge on any atom is -0.489 e. The van der Waals surface area contributed by atoms with Crippen LogP contribution in [0.2, 0.25) is 0 Å². The van der Waals surface area contributed by atoms with E-state index in [4.69, 9.17) is 28.7 Å². The van der Waals surface area contributed by atoms with Crippen molar-refractivity contribution in [3.63, 3.8) is 0 Å². The minimum atomic E-state index is -0.479. The average Bonchev–Trinajstić information content (AvgIpc) is 3.52. The second-order valence-corrected chi connectivity index (χ2v) is 19.6. The van der Waals surface area contributed by atoms with Gasteiger partial charge in [0.1, 0.15) is 37.1 Å². The summed E-state index contributed by atoms with van der Waals surface area (Å²) in [6.07, 6.45) is 0.110. The highest BCUT2D eigenvalue weighted by molar-refractivity contribution is 6.03. The summed E-state index contributed by atoms with van der Waals surface area (Å²) in [5.74, 6) is 0.407. The predicted octanol–water partition coefficient (Wildman–Crippen LogP) is 14.4. The van der Waals surface area contributed by atoms with Crippen molar-refractivity contribution in [3.8, 4) is 17.2 Å². The van der Waals surface area contributed by atoms with Crippen molar-refractivity contribution < 1.29 is 43.1 Å². The van der Waals surface area contributed by atoms with Crippen molar-refractivity contribution in [2.75, 3.05) is 0 Å². The third kappa shape index (κ3) is 15.1. The molecule has 0 amide bonds. The number of hydrogen-bond donors (Lipinski definition) is 0. The molecule has 402 valence electrons. The van der Waals surface area contributed by atoms with Gasteiger partial charge in [-0.2, -0.15) is 0 Å². The smallest absolute Gasteiger partial charge is 0.339 e. The Labute approximate surface area is 469 Å². The molecule has 81 heavy (non-hydrogen) atoms. The van der Waals surface area contributed by atoms with Gasteiger partial charge in [0.25, 0.3) is 0 Å². The second-order valence-electron chi connectivity index (χ2n) is 19.6. The van der Waals surface area contributed by atoms with Gasteiger partial charge < -0.3 is 28.7 Å². The fraction of sp³-hybridized carbons (Fsp3) is 0.130. The molecule has 0 spiro atoms. The second kappa shape index (κ2) is 26.0. The molecule has 0 radical (unpaired) electrons. The molecule has 0 saturated carbocycles. The molecule has 10 aromatic carbocycles. The molecule has 12 heteroatoms. The average molecular weight is 1070 g/mol. The highest BCUT2D eigenvalue weighted by atomic mass is 16.7. The van der Waals surface area contributed by atoms with Crippen molar-refractivity contribution in [1.29, 1.82) is 0 Å². The summed E-state index contributed by atoms with van der Waals surface area (Å²) in [5, 5.41) is 18.9. The molecule has 12 nitrogen and oxygen atoms in total. The molecule has 0 N–H and O–H groups in total. The Morgan fingerprint density at radius 3 is 0.827 bits per heavy atom. The Morgan fingerprint density at radius 1 is 0.296 bits per heavy atom. The molecule has 0 unspecified atom stereocenters. The Hall–Kier alpha value is -10.2. The number of rotatable bonds is 21. The van der Waals surface area contributed by atoms with Crippen molar-refractivity contribution >= 4 is 67.4 Å². The minimum absolute atomic E-state index is 0.0367. The summed E-state index contributed by atoms with van der Waals surface area (Å²) in [5.41, 5.74) is 9.30. The maximum Gasteiger partial charge on any atom is 0.339 e. The molecule has 10 rings (SSSR count). The maximum absolute atomic E-state index is 12.8. The lowest BCUT2D eigenvalue weighted by Gasteiger charge is -2.14. The van der Waals surface area contributed by atoms with E-state index in [-0.39, 0.29) is 39.1 Å². The Bertz CT molecular complexity index is 3560. The van der Waals surface area contributed by atoms with Crippen LogP contribution in [0.1, 0.15) is 70.8 Å². The van der Waals surface area contributed by atoms with E-state index >= 15 is 0 Å². The zero-order valence-electron chi connectivity index (χ0n) is 45.0. The summed E-state index contributed by atoms with van der Waals surface area (Å²) in [6, 6.07) is 70.0. The summed E-state index contributed by atoms with van der Waals surface area (Å²) in [4.78, 5) is 54.3. The van der Waals surface area contributed by atoms with Gasteiger partial charge in [0.15, 0.2) is 0 Å². The van der Waals surface area contributed by atoms with Crippen molar-refractivity contribution in [2.45, 2.75) is 59.9 Å². The van der Waals surface area contributed by atoms with Gasteiger partial charge in [-0.05, 0) is 176 Å². The summed E-state index contributed by atoms with van der Waals surface area (Å²) in [6.45, 7) is 6.14. The van der Waals surface area contributed by atoms with Gasteiger partial charge >= 0.3 is 17.9 Å². The van der Waals surface area contributed by atoms with E-state index in [1.807, 2.05) is 239 Å². The number of hydrogen-bond acceptors (Lipinski definition) is 12. The molecule has 0 aliphatic heterocycles. The first-order valence-electron chi connectivity index (χ1n) is 26.5. The SMILES string of the molecule is C/C(=N/OC(=O)Cc1ccc(OCc2cc(COc3ccc(CC(=O)O/N=C(/C)c4ccc5ccccc5c4)cc3)cc(COc3ccc(CC(=O)O/N=C(/C)c4ccc5ccccc5c4)cc3)c2)cc1)c1ccc2ccccc2c1. The van der Waals surface area contributed by atoms with Crippen LogP contribution in [0.25, 0.3) is 32.3 Å². The fourth-order valence-electron chi connectivity index (χ4n) is 9.06. The zero-order valence-corrected chi connectivity index (χ0v) is 45.0. The zero-order chi connectivity index (χ0) is 55.9. The molecule has 10 aromatic rings. The van der Waals surface area contributed by atoms with Crippen molar-refractivity contribution in [3.05, 3.63) is 268 Å². The molecule has 0 atom stereocenters. The number of oxime groups is 3. The fourth-order valence-corrected chi connectivity index (χ4v) is 9.06. The molecular formula is C69H57N3O9. The van der Waals surface area contributed by atoms with Gasteiger partial charge in [0, 0.05) is 0 Å². The van der Waals surface area contributed by atoms with Crippen LogP contribution in [-0.2, 0) is 68.0 Å². The van der Waals surface area contributed by atoms with E-state index in [2.05, 4.69) is 15.5 Å². The quantitative estimate of drug-likeness (QED) is 0.0390. The molecule has 0 saturated heterocycles. The van der Waals surface area contributed by atoms with E-state index < -0.39 is 17.9 Å². The van der Waals surface area contributed by atoms with E-state index in [1.54, 1.807) is 0 Å². The lowest BCUT2D eigenvalue weighted by molar-refractivity contribution is -0.143.